The van der Waals surface area contributed by atoms with Crippen molar-refractivity contribution in [2.24, 2.45) is 0 Å². The van der Waals surface area contributed by atoms with E-state index in [2.05, 4.69) is 16.9 Å². The van der Waals surface area contributed by atoms with Crippen molar-refractivity contribution >= 4 is 21.3 Å². The van der Waals surface area contributed by atoms with Crippen LogP contribution in [0.4, 0.5) is 0 Å². The van der Waals surface area contributed by atoms with Crippen LogP contribution in [0.2, 0.25) is 0 Å². The van der Waals surface area contributed by atoms with Crippen LogP contribution in [-0.2, 0) is 14.6 Å². The Hall–Kier alpha value is -2.15. The molecule has 1 heterocycles. The van der Waals surface area contributed by atoms with E-state index in [1.165, 1.54) is 25.4 Å². The summed E-state index contributed by atoms with van der Waals surface area (Å²) >= 11 is 0. The van der Waals surface area contributed by atoms with Gasteiger partial charge >= 0.3 is 0 Å². The maximum atomic E-state index is 12.3. The molecule has 0 saturated carbocycles. The number of nitrogens with one attached hydrogen (secondary N) is 1. The van der Waals surface area contributed by atoms with Crippen molar-refractivity contribution in [1.82, 2.24) is 10.3 Å². The number of amides is 1. The van der Waals surface area contributed by atoms with Gasteiger partial charge in [-0.25, -0.2) is 13.4 Å². The number of carbonyl (C=O) groups excluding carboxylic acids is 1. The number of rotatable bonds is 4. The lowest BCUT2D eigenvalue weighted by atomic mass is 10.2. The maximum absolute atomic E-state index is 12.3. The van der Waals surface area contributed by atoms with Gasteiger partial charge in [-0.2, -0.15) is 0 Å². The molecule has 0 atom stereocenters. The summed E-state index contributed by atoms with van der Waals surface area (Å²) in [4.78, 5) is 14.7. The molecule has 1 amide bonds. The minimum atomic E-state index is -4.18. The molecule has 7 heteroatoms. The lowest BCUT2D eigenvalue weighted by Gasteiger charge is -2.09. The first-order valence-corrected chi connectivity index (χ1v) is 7.19. The third-order valence-electron chi connectivity index (χ3n) is 2.54. The topological polar surface area (TPSA) is 96.4 Å². The number of hydrogen-bond donors (Lipinski definition) is 2. The lowest BCUT2D eigenvalue weighted by Crippen LogP contribution is -2.26. The number of carbonyl (C=O) groups is 1. The van der Waals surface area contributed by atoms with E-state index in [0.717, 1.165) is 12.5 Å². The number of pyridine rings is 1. The molecule has 0 bridgehead atoms. The molecule has 0 spiro atoms. The van der Waals surface area contributed by atoms with Crippen LogP contribution in [0.3, 0.4) is 0 Å². The molecular weight excluding hydrogens is 280 g/mol. The number of allylic oxidation sites excluding steroid dienone is 2. The van der Waals surface area contributed by atoms with E-state index >= 15 is 0 Å². The highest BCUT2D eigenvalue weighted by Crippen LogP contribution is 2.21. The predicted octanol–water partition coefficient (Wildman–Crippen LogP) is 1.42. The number of hydrogen-bond acceptors (Lipinski definition) is 5. The Bertz CT molecular complexity index is 669. The summed E-state index contributed by atoms with van der Waals surface area (Å²) in [6, 6.07) is 2.81. The third kappa shape index (κ3) is 3.05. The van der Waals surface area contributed by atoms with E-state index in [9.17, 15) is 18.3 Å². The fraction of sp³-hybridized carbons (Fsp3) is 0.231. The van der Waals surface area contributed by atoms with E-state index in [0.29, 0.717) is 5.56 Å². The Kier molecular flexibility index (Phi) is 4.67. The zero-order valence-electron chi connectivity index (χ0n) is 11.5. The highest BCUT2D eigenvalue weighted by atomic mass is 32.2. The van der Waals surface area contributed by atoms with Crippen molar-refractivity contribution in [3.05, 3.63) is 41.1 Å². The smallest absolute Gasteiger partial charge is 0.266 e. The maximum Gasteiger partial charge on any atom is 0.266 e. The van der Waals surface area contributed by atoms with Crippen molar-refractivity contribution in [2.45, 2.75) is 18.9 Å². The molecule has 6 nitrogen and oxygen atoms in total. The van der Waals surface area contributed by atoms with Crippen LogP contribution in [0.5, 0.6) is 0 Å². The fourth-order valence-corrected chi connectivity index (χ4v) is 2.87. The zero-order valence-corrected chi connectivity index (χ0v) is 12.3. The molecule has 20 heavy (non-hydrogen) atoms. The standard InChI is InChI=1S/C13H16N2O4S/c1-8(2)10-5-6-11(15-7-10)20(18,19)12(9(3)16)13(17)14-4/h5-7,16H,1H2,2-4H3,(H,14,17)/b12-9-. The fourth-order valence-electron chi connectivity index (χ4n) is 1.49. The SMILES string of the molecule is C=C(C)c1ccc(S(=O)(=O)/C(C(=O)NC)=C(/C)O)nc1. The van der Waals surface area contributed by atoms with Crippen molar-refractivity contribution in [3.63, 3.8) is 0 Å². The zero-order chi connectivity index (χ0) is 15.5. The first-order chi connectivity index (χ1) is 9.21. The van der Waals surface area contributed by atoms with Crippen LogP contribution in [0, 0.1) is 0 Å². The number of aliphatic hydroxyl groups excluding tert-OH is 1. The quantitative estimate of drug-likeness (QED) is 0.647. The molecule has 0 aromatic carbocycles. The van der Waals surface area contributed by atoms with Gasteiger partial charge in [0.2, 0.25) is 9.84 Å². The average molecular weight is 296 g/mol. The second-order valence-corrected chi connectivity index (χ2v) is 6.00. The number of sulfone groups is 1. The van der Waals surface area contributed by atoms with Gasteiger partial charge in [0, 0.05) is 13.2 Å². The van der Waals surface area contributed by atoms with Gasteiger partial charge in [0.05, 0.1) is 0 Å². The predicted molar refractivity (Wildman–Crippen MR) is 75.5 cm³/mol. The Morgan fingerprint density at radius 2 is 1.95 bits per heavy atom. The minimum Gasteiger partial charge on any atom is -0.511 e. The van der Waals surface area contributed by atoms with E-state index in [1.54, 1.807) is 6.92 Å². The average Bonchev–Trinajstić information content (AvgIpc) is 2.37. The van der Waals surface area contributed by atoms with Crippen LogP contribution in [0.1, 0.15) is 19.4 Å². The molecule has 0 fully saturated rings. The highest BCUT2D eigenvalue weighted by Gasteiger charge is 2.30. The number of aromatic nitrogens is 1. The molecule has 0 aliphatic carbocycles. The van der Waals surface area contributed by atoms with Gasteiger partial charge in [-0.15, -0.1) is 0 Å². The van der Waals surface area contributed by atoms with E-state index < -0.39 is 26.4 Å². The Labute approximate surface area is 117 Å². The molecular formula is C13H16N2O4S. The summed E-state index contributed by atoms with van der Waals surface area (Å²) in [6.07, 6.45) is 1.35. The summed E-state index contributed by atoms with van der Waals surface area (Å²) in [5.74, 6) is -1.48. The van der Waals surface area contributed by atoms with Crippen LogP contribution in [0.25, 0.3) is 5.57 Å². The summed E-state index contributed by atoms with van der Waals surface area (Å²) in [5, 5.41) is 11.3. The molecule has 0 radical (unpaired) electrons. The van der Waals surface area contributed by atoms with Crippen LogP contribution >= 0.6 is 0 Å². The normalized spacial score (nSPS) is 12.6. The first-order valence-electron chi connectivity index (χ1n) is 5.70. The molecule has 2 N–H and O–H groups in total. The molecule has 0 unspecified atom stereocenters. The molecule has 1 aromatic heterocycles. The van der Waals surface area contributed by atoms with Gasteiger partial charge in [-0.05, 0) is 31.1 Å². The molecule has 1 aromatic rings. The monoisotopic (exact) mass is 296 g/mol. The Balaban J connectivity index is 3.39. The van der Waals surface area contributed by atoms with Crippen LogP contribution in [-0.4, -0.2) is 31.5 Å². The van der Waals surface area contributed by atoms with E-state index in [1.807, 2.05) is 0 Å². The van der Waals surface area contributed by atoms with Gasteiger partial charge in [0.15, 0.2) is 9.93 Å². The Morgan fingerprint density at radius 1 is 1.35 bits per heavy atom. The molecule has 108 valence electrons. The number of likely N-dealkylation sites (N-methyl/N-ethyl adjacent to an activating group) is 1. The van der Waals surface area contributed by atoms with Crippen LogP contribution < -0.4 is 5.32 Å². The molecule has 0 aliphatic heterocycles. The number of aliphatic hydroxyl groups is 1. The van der Waals surface area contributed by atoms with E-state index in [4.69, 9.17) is 0 Å². The molecule has 0 saturated heterocycles. The van der Waals surface area contributed by atoms with Crippen molar-refractivity contribution in [1.29, 1.82) is 0 Å². The second-order valence-electron chi connectivity index (χ2n) is 4.16. The van der Waals surface area contributed by atoms with Crippen molar-refractivity contribution in [2.75, 3.05) is 7.05 Å². The highest BCUT2D eigenvalue weighted by molar-refractivity contribution is 7.96. The third-order valence-corrected chi connectivity index (χ3v) is 4.35. The van der Waals surface area contributed by atoms with Gasteiger partial charge in [0.25, 0.3) is 5.91 Å². The van der Waals surface area contributed by atoms with Crippen molar-refractivity contribution < 1.29 is 18.3 Å². The van der Waals surface area contributed by atoms with Gasteiger partial charge < -0.3 is 10.4 Å². The van der Waals surface area contributed by atoms with Crippen molar-refractivity contribution in [3.8, 4) is 0 Å². The van der Waals surface area contributed by atoms with Gasteiger partial charge in [-0.1, -0.05) is 12.6 Å². The molecule has 0 aliphatic rings. The summed E-state index contributed by atoms with van der Waals surface area (Å²) in [5.41, 5.74) is 1.43. The largest absolute Gasteiger partial charge is 0.511 e. The van der Waals surface area contributed by atoms with Crippen LogP contribution in [0.15, 0.2) is 40.6 Å². The van der Waals surface area contributed by atoms with Gasteiger partial charge in [0.1, 0.15) is 5.76 Å². The molecule has 1 rings (SSSR count). The minimum absolute atomic E-state index is 0.311. The first kappa shape index (κ1) is 15.9. The number of nitrogens with zero attached hydrogens (tertiary/aromatic N) is 1. The summed E-state index contributed by atoms with van der Waals surface area (Å²) in [7, 11) is -2.90. The Morgan fingerprint density at radius 3 is 2.30 bits per heavy atom. The summed E-state index contributed by atoms with van der Waals surface area (Å²) < 4.78 is 24.6. The second kappa shape index (κ2) is 5.87. The van der Waals surface area contributed by atoms with Gasteiger partial charge in [-0.3, -0.25) is 4.79 Å². The van der Waals surface area contributed by atoms with E-state index in [-0.39, 0.29) is 5.03 Å². The lowest BCUT2D eigenvalue weighted by molar-refractivity contribution is -0.116. The summed E-state index contributed by atoms with van der Waals surface area (Å²) in [6.45, 7) is 6.61.